The number of nitrogens with zero attached hydrogens (tertiary/aromatic N) is 1. The van der Waals surface area contributed by atoms with E-state index in [0.717, 1.165) is 0 Å². The predicted molar refractivity (Wildman–Crippen MR) is 45.8 cm³/mol. The first-order chi connectivity index (χ1) is 4.33. The Kier molecular flexibility index (Phi) is 99.5. The van der Waals surface area contributed by atoms with Crippen LogP contribution in [0, 0.1) is 0 Å². The second kappa shape index (κ2) is 56.9. The van der Waals surface area contributed by atoms with Crippen molar-refractivity contribution in [2.24, 2.45) is 5.10 Å². The molecule has 1 N–H and O–H groups in total. The molecule has 0 amide bonds. The van der Waals surface area contributed by atoms with E-state index in [2.05, 4.69) is 23.8 Å². The normalized spacial score (nSPS) is 4.44. The van der Waals surface area contributed by atoms with Gasteiger partial charge in [-0.2, -0.15) is 5.10 Å². The molecule has 0 saturated carbocycles. The number of hydrazone groups is 1. The van der Waals surface area contributed by atoms with E-state index in [1.807, 2.05) is 20.8 Å². The molecule has 0 unspecified atom stereocenters. The molecule has 0 aliphatic rings. The van der Waals surface area contributed by atoms with Gasteiger partial charge in [0.15, 0.2) is 0 Å². The lowest BCUT2D eigenvalue weighted by atomic mass is 10.8. The Hall–Kier alpha value is -0.790. The highest BCUT2D eigenvalue weighted by Crippen LogP contribution is 1.38. The molecule has 2 heteroatoms. The predicted octanol–water partition coefficient (Wildman–Crippen LogP) is 2.04. The second-order valence-corrected chi connectivity index (χ2v) is 0.790. The van der Waals surface area contributed by atoms with E-state index in [1.165, 1.54) is 0 Å². The van der Waals surface area contributed by atoms with Gasteiger partial charge in [-0.3, -0.25) is 0 Å². The van der Waals surface area contributed by atoms with Gasteiger partial charge < -0.3 is 5.43 Å². The van der Waals surface area contributed by atoms with Crippen molar-refractivity contribution in [1.29, 1.82) is 0 Å². The van der Waals surface area contributed by atoms with Crippen molar-refractivity contribution in [1.82, 2.24) is 5.43 Å². The zero-order valence-electron chi connectivity index (χ0n) is 6.94. The molecule has 0 aliphatic heterocycles. The molecular weight excluding hydrogens is 112 g/mol. The van der Waals surface area contributed by atoms with Gasteiger partial charge in [-0.1, -0.05) is 19.9 Å². The lowest BCUT2D eigenvalue weighted by Crippen LogP contribution is -1.88. The maximum atomic E-state index is 3.36. The van der Waals surface area contributed by atoms with E-state index in [1.54, 1.807) is 13.1 Å². The van der Waals surface area contributed by atoms with Gasteiger partial charge >= 0.3 is 0 Å². The molecule has 0 aromatic rings. The van der Waals surface area contributed by atoms with E-state index < -0.39 is 0 Å². The Balaban J connectivity index is -0.0000000646. The third kappa shape index (κ3) is 4440. The third-order valence-electron chi connectivity index (χ3n) is 0.158. The van der Waals surface area contributed by atoms with Crippen molar-refractivity contribution in [2.75, 3.05) is 7.05 Å². The molecule has 0 fully saturated rings. The van der Waals surface area contributed by atoms with Gasteiger partial charge in [0.25, 0.3) is 0 Å². The summed E-state index contributed by atoms with van der Waals surface area (Å²) in [5.41, 5.74) is 2.44. The van der Waals surface area contributed by atoms with Crippen LogP contribution in [0.1, 0.15) is 20.8 Å². The minimum Gasteiger partial charge on any atom is -0.314 e. The first-order valence-corrected chi connectivity index (χ1v) is 3.03. The van der Waals surface area contributed by atoms with Crippen molar-refractivity contribution in [3.63, 3.8) is 0 Å². The van der Waals surface area contributed by atoms with Crippen LogP contribution in [0.3, 0.4) is 0 Å². The maximum Gasteiger partial charge on any atom is 0.0216 e. The number of rotatable bonds is 1. The van der Waals surface area contributed by atoms with Crippen molar-refractivity contribution < 1.29 is 0 Å². The smallest absolute Gasteiger partial charge is 0.0216 e. The van der Waals surface area contributed by atoms with Crippen LogP contribution in [-0.2, 0) is 0 Å². The molecule has 0 aromatic heterocycles. The molecule has 0 rings (SSSR count). The minimum atomic E-state index is 1.70. The summed E-state index contributed by atoms with van der Waals surface area (Å²) in [4.78, 5) is 0. The zero-order valence-corrected chi connectivity index (χ0v) is 6.94. The Bertz CT molecular complexity index is 42.2. The molecular formula is C7H18N2. The average molecular weight is 130 g/mol. The van der Waals surface area contributed by atoms with Crippen LogP contribution < -0.4 is 5.43 Å². The number of allylic oxidation sites excluding steroid dienone is 1. The number of hydrogen-bond donors (Lipinski definition) is 1. The zero-order chi connectivity index (χ0) is 8.12. The largest absolute Gasteiger partial charge is 0.314 e. The van der Waals surface area contributed by atoms with Crippen molar-refractivity contribution in [3.05, 3.63) is 12.7 Å². The summed E-state index contributed by atoms with van der Waals surface area (Å²) >= 11 is 0. The molecule has 0 saturated heterocycles. The number of hydrogen-bond acceptors (Lipinski definition) is 2. The van der Waals surface area contributed by atoms with Crippen molar-refractivity contribution >= 4 is 6.72 Å². The Morgan fingerprint density at radius 3 is 1.56 bits per heavy atom. The van der Waals surface area contributed by atoms with Gasteiger partial charge in [0.05, 0.1) is 0 Å². The first kappa shape index (κ1) is 15.7. The van der Waals surface area contributed by atoms with Crippen LogP contribution in [-0.4, -0.2) is 13.8 Å². The topological polar surface area (TPSA) is 24.4 Å². The summed E-state index contributed by atoms with van der Waals surface area (Å²) in [5, 5.41) is 3.24. The Labute approximate surface area is 58.7 Å². The Morgan fingerprint density at radius 1 is 1.44 bits per heavy atom. The average Bonchev–Trinajstić information content (AvgIpc) is 1.94. The highest BCUT2D eigenvalue weighted by Gasteiger charge is 1.33. The van der Waals surface area contributed by atoms with E-state index in [9.17, 15) is 0 Å². The quantitative estimate of drug-likeness (QED) is 0.328. The summed E-state index contributed by atoms with van der Waals surface area (Å²) in [7, 11) is 1.70. The van der Waals surface area contributed by atoms with Gasteiger partial charge in [0, 0.05) is 13.8 Å². The second-order valence-electron chi connectivity index (χ2n) is 0.790. The van der Waals surface area contributed by atoms with Crippen molar-refractivity contribution in [2.45, 2.75) is 20.8 Å². The van der Waals surface area contributed by atoms with Gasteiger partial charge in [-0.05, 0) is 6.92 Å². The summed E-state index contributed by atoms with van der Waals surface area (Å²) < 4.78 is 0. The molecule has 0 atom stereocenters. The van der Waals surface area contributed by atoms with Crippen LogP contribution in [0.4, 0.5) is 0 Å². The fourth-order valence-corrected chi connectivity index (χ4v) is 0. The molecule has 0 heterocycles. The summed E-state index contributed by atoms with van der Waals surface area (Å²) in [6, 6.07) is 0. The van der Waals surface area contributed by atoms with E-state index in [-0.39, 0.29) is 0 Å². The highest BCUT2D eigenvalue weighted by atomic mass is 15.2. The lowest BCUT2D eigenvalue weighted by molar-refractivity contribution is 0.913. The third-order valence-corrected chi connectivity index (χ3v) is 0.158. The molecule has 0 radical (unpaired) electrons. The maximum absolute atomic E-state index is 3.36. The van der Waals surface area contributed by atoms with Gasteiger partial charge in [-0.25, -0.2) is 0 Å². The lowest BCUT2D eigenvalue weighted by Gasteiger charge is -1.71. The molecule has 0 aliphatic carbocycles. The first-order valence-electron chi connectivity index (χ1n) is 3.03. The monoisotopic (exact) mass is 130 g/mol. The number of nitrogens with one attached hydrogen (secondary N) is 1. The highest BCUT2D eigenvalue weighted by molar-refractivity contribution is 5.22. The standard InChI is InChI=1S/C3H6.C2H6N2.C2H6/c1-3-2;1-3-4-2;1-2/h3H,1H2,2H3;4H,1H2,2H3;1-2H3. The molecule has 9 heavy (non-hydrogen) atoms. The van der Waals surface area contributed by atoms with Gasteiger partial charge in [-0.15, -0.1) is 6.58 Å². The van der Waals surface area contributed by atoms with E-state index >= 15 is 0 Å². The van der Waals surface area contributed by atoms with Crippen molar-refractivity contribution in [3.8, 4) is 0 Å². The van der Waals surface area contributed by atoms with E-state index in [4.69, 9.17) is 0 Å². The van der Waals surface area contributed by atoms with Gasteiger partial charge in [0.1, 0.15) is 0 Å². The summed E-state index contributed by atoms with van der Waals surface area (Å²) in [6.07, 6.45) is 1.75. The van der Waals surface area contributed by atoms with Crippen LogP contribution >= 0.6 is 0 Å². The Morgan fingerprint density at radius 2 is 1.56 bits per heavy atom. The summed E-state index contributed by atoms with van der Waals surface area (Å²) in [6.45, 7) is 12.4. The van der Waals surface area contributed by atoms with Crippen LogP contribution in [0.2, 0.25) is 0 Å². The molecule has 56 valence electrons. The van der Waals surface area contributed by atoms with Crippen LogP contribution in [0.15, 0.2) is 17.8 Å². The SMILES string of the molecule is C=CC.C=NNC.CC. The van der Waals surface area contributed by atoms with Crippen LogP contribution in [0.5, 0.6) is 0 Å². The summed E-state index contributed by atoms with van der Waals surface area (Å²) in [5.74, 6) is 0. The van der Waals surface area contributed by atoms with E-state index in [0.29, 0.717) is 0 Å². The minimum absolute atomic E-state index is 1.70. The molecule has 0 aromatic carbocycles. The fraction of sp³-hybridized carbons (Fsp3) is 0.571. The fourth-order valence-electron chi connectivity index (χ4n) is 0. The molecule has 0 spiro atoms. The van der Waals surface area contributed by atoms with Gasteiger partial charge in [0.2, 0.25) is 0 Å². The molecule has 0 bridgehead atoms. The molecule has 2 nitrogen and oxygen atoms in total. The van der Waals surface area contributed by atoms with Crippen LogP contribution in [0.25, 0.3) is 0 Å².